The quantitative estimate of drug-likeness (QED) is 0.224. The monoisotopic (exact) mass is 523 g/mol. The van der Waals surface area contributed by atoms with E-state index in [1.54, 1.807) is 6.07 Å². The highest BCUT2D eigenvalue weighted by Gasteiger charge is 2.19. The number of fused-ring (bicyclic) bond motifs is 1. The lowest BCUT2D eigenvalue weighted by molar-refractivity contribution is 0.0375. The number of hydrogen-bond donors (Lipinski definition) is 1. The molecule has 39 heavy (non-hydrogen) atoms. The van der Waals surface area contributed by atoms with Crippen molar-refractivity contribution in [3.8, 4) is 11.1 Å². The van der Waals surface area contributed by atoms with E-state index < -0.39 is 0 Å². The van der Waals surface area contributed by atoms with Crippen molar-refractivity contribution in [2.24, 2.45) is 5.92 Å². The zero-order valence-corrected chi connectivity index (χ0v) is 22.7. The maximum Gasteiger partial charge on any atom is 0.340 e. The fourth-order valence-corrected chi connectivity index (χ4v) is 5.45. The number of nitrogens with zero attached hydrogens (tertiary/aromatic N) is 2. The Bertz CT molecular complexity index is 1420. The van der Waals surface area contributed by atoms with Crippen LogP contribution in [0.25, 0.3) is 22.2 Å². The van der Waals surface area contributed by atoms with Crippen LogP contribution in [0.2, 0.25) is 0 Å². The molecule has 4 aromatic rings. The Kier molecular flexibility index (Phi) is 8.71. The molecule has 5 rings (SSSR count). The van der Waals surface area contributed by atoms with Crippen molar-refractivity contribution in [2.75, 3.05) is 6.54 Å². The van der Waals surface area contributed by atoms with Crippen LogP contribution in [0.3, 0.4) is 0 Å². The van der Waals surface area contributed by atoms with Crippen LogP contribution >= 0.6 is 0 Å². The van der Waals surface area contributed by atoms with Gasteiger partial charge in [0, 0.05) is 18.5 Å². The predicted molar refractivity (Wildman–Crippen MR) is 155 cm³/mol. The van der Waals surface area contributed by atoms with Crippen molar-refractivity contribution in [2.45, 2.75) is 65.0 Å². The molecule has 1 aromatic heterocycles. The first-order chi connectivity index (χ1) is 19.1. The maximum atomic E-state index is 13.3. The lowest BCUT2D eigenvalue weighted by Crippen LogP contribution is -2.30. The minimum Gasteiger partial charge on any atom is -0.440 e. The van der Waals surface area contributed by atoms with E-state index in [4.69, 9.17) is 9.72 Å². The van der Waals surface area contributed by atoms with E-state index in [0.717, 1.165) is 53.8 Å². The van der Waals surface area contributed by atoms with Gasteiger partial charge in [-0.15, -0.1) is 0 Å². The molecule has 0 aliphatic heterocycles. The zero-order chi connectivity index (χ0) is 27.0. The first-order valence-corrected chi connectivity index (χ1v) is 14.2. The van der Waals surface area contributed by atoms with E-state index in [1.807, 2.05) is 71.3 Å². The van der Waals surface area contributed by atoms with Gasteiger partial charge in [0.1, 0.15) is 5.82 Å². The molecule has 0 radical (unpaired) electrons. The fraction of sp³-hybridized carbons (Fsp3) is 0.364. The highest BCUT2D eigenvalue weighted by atomic mass is 16.5. The van der Waals surface area contributed by atoms with Crippen LogP contribution in [0.4, 0.5) is 0 Å². The number of benzene rings is 3. The first kappa shape index (κ1) is 26.7. The van der Waals surface area contributed by atoms with Gasteiger partial charge in [0.05, 0.1) is 16.6 Å². The largest absolute Gasteiger partial charge is 0.440 e. The van der Waals surface area contributed by atoms with Gasteiger partial charge < -0.3 is 10.1 Å². The Hall–Kier alpha value is -3.93. The second kappa shape index (κ2) is 12.7. The number of aryl methyl sites for hydroxylation is 1. The summed E-state index contributed by atoms with van der Waals surface area (Å²) in [6.07, 6.45) is 8.95. The van der Waals surface area contributed by atoms with Crippen molar-refractivity contribution in [3.63, 3.8) is 0 Å². The summed E-state index contributed by atoms with van der Waals surface area (Å²) in [5.41, 5.74) is 4.52. The van der Waals surface area contributed by atoms with Gasteiger partial charge in [-0.25, -0.2) is 9.78 Å². The molecule has 1 saturated carbocycles. The van der Waals surface area contributed by atoms with Crippen molar-refractivity contribution in [3.05, 3.63) is 89.7 Å². The van der Waals surface area contributed by atoms with E-state index in [1.165, 1.54) is 32.1 Å². The molecule has 0 spiro atoms. The molecular weight excluding hydrogens is 486 g/mol. The molecule has 6 heteroatoms. The van der Waals surface area contributed by atoms with Crippen molar-refractivity contribution in [1.82, 2.24) is 14.9 Å². The number of hydrogen-bond acceptors (Lipinski definition) is 4. The van der Waals surface area contributed by atoms with Gasteiger partial charge in [-0.05, 0) is 60.6 Å². The summed E-state index contributed by atoms with van der Waals surface area (Å²) >= 11 is 0. The van der Waals surface area contributed by atoms with Crippen molar-refractivity contribution >= 4 is 22.9 Å². The third-order valence-electron chi connectivity index (χ3n) is 7.68. The molecule has 1 N–H and O–H groups in total. The molecule has 0 unspecified atom stereocenters. The van der Waals surface area contributed by atoms with E-state index in [-0.39, 0.29) is 18.6 Å². The molecule has 1 heterocycles. The zero-order valence-electron chi connectivity index (χ0n) is 22.7. The number of amides is 1. The Balaban J connectivity index is 1.37. The normalized spacial score (nSPS) is 13.9. The van der Waals surface area contributed by atoms with Crippen molar-refractivity contribution < 1.29 is 14.3 Å². The average Bonchev–Trinajstić information content (AvgIpc) is 3.35. The van der Waals surface area contributed by atoms with Gasteiger partial charge in [0.2, 0.25) is 0 Å². The summed E-state index contributed by atoms with van der Waals surface area (Å²) in [4.78, 5) is 31.1. The molecule has 0 bridgehead atoms. The Morgan fingerprint density at radius 3 is 2.54 bits per heavy atom. The SMILES string of the molecule is CCCCc1nc2ccc(C(=O)NCC3CCCCC3)cc2n1COC(=O)c1ccccc1-c1ccccc1. The number of carbonyl (C=O) groups is 2. The third-order valence-corrected chi connectivity index (χ3v) is 7.68. The lowest BCUT2D eigenvalue weighted by atomic mass is 9.89. The molecule has 0 saturated heterocycles. The van der Waals surface area contributed by atoms with Gasteiger partial charge >= 0.3 is 5.97 Å². The van der Waals surface area contributed by atoms with Crippen LogP contribution in [0, 0.1) is 5.92 Å². The molecule has 1 aliphatic rings. The molecule has 1 fully saturated rings. The second-order valence-corrected chi connectivity index (χ2v) is 10.4. The average molecular weight is 524 g/mol. The number of ether oxygens (including phenoxy) is 1. The molecule has 202 valence electrons. The van der Waals surface area contributed by atoms with Gasteiger partial charge in [0.15, 0.2) is 6.73 Å². The fourth-order valence-electron chi connectivity index (χ4n) is 5.45. The third kappa shape index (κ3) is 6.39. The summed E-state index contributed by atoms with van der Waals surface area (Å²) in [6.45, 7) is 2.89. The smallest absolute Gasteiger partial charge is 0.340 e. The molecule has 0 atom stereocenters. The van der Waals surface area contributed by atoms with Gasteiger partial charge in [-0.3, -0.25) is 9.36 Å². The predicted octanol–water partition coefficient (Wildman–Crippen LogP) is 7.17. The van der Waals surface area contributed by atoms with E-state index in [2.05, 4.69) is 12.2 Å². The Labute approximate surface area is 230 Å². The number of nitrogens with one attached hydrogen (secondary N) is 1. The van der Waals surface area contributed by atoms with E-state index in [0.29, 0.717) is 17.0 Å². The topological polar surface area (TPSA) is 73.2 Å². The minimum absolute atomic E-state index is 0.0324. The number of rotatable bonds is 10. The van der Waals surface area contributed by atoms with Crippen LogP contribution in [-0.4, -0.2) is 28.0 Å². The first-order valence-electron chi connectivity index (χ1n) is 14.2. The number of aromatic nitrogens is 2. The molecule has 6 nitrogen and oxygen atoms in total. The van der Waals surface area contributed by atoms with Crippen LogP contribution in [0.15, 0.2) is 72.8 Å². The van der Waals surface area contributed by atoms with Crippen LogP contribution in [0.1, 0.15) is 78.4 Å². The molecule has 3 aromatic carbocycles. The van der Waals surface area contributed by atoms with Gasteiger partial charge in [-0.2, -0.15) is 0 Å². The summed E-state index contributed by atoms with van der Waals surface area (Å²) < 4.78 is 7.81. The summed E-state index contributed by atoms with van der Waals surface area (Å²) in [7, 11) is 0. The summed E-state index contributed by atoms with van der Waals surface area (Å²) in [5.74, 6) is 0.963. The van der Waals surface area contributed by atoms with Crippen LogP contribution in [-0.2, 0) is 17.9 Å². The summed E-state index contributed by atoms with van der Waals surface area (Å²) in [6, 6.07) is 22.9. The maximum absolute atomic E-state index is 13.3. The number of unbranched alkanes of at least 4 members (excludes halogenated alkanes) is 1. The summed E-state index contributed by atoms with van der Waals surface area (Å²) in [5, 5.41) is 3.13. The second-order valence-electron chi connectivity index (χ2n) is 10.4. The van der Waals surface area contributed by atoms with Gasteiger partial charge in [0.25, 0.3) is 5.91 Å². The van der Waals surface area contributed by atoms with E-state index >= 15 is 0 Å². The van der Waals surface area contributed by atoms with E-state index in [9.17, 15) is 9.59 Å². The minimum atomic E-state index is -0.390. The molecule has 1 amide bonds. The van der Waals surface area contributed by atoms with Crippen LogP contribution < -0.4 is 5.32 Å². The molecule has 1 aliphatic carbocycles. The Morgan fingerprint density at radius 1 is 0.974 bits per heavy atom. The highest BCUT2D eigenvalue weighted by Crippen LogP contribution is 2.26. The van der Waals surface area contributed by atoms with Crippen molar-refractivity contribution in [1.29, 1.82) is 0 Å². The van der Waals surface area contributed by atoms with Crippen LogP contribution in [0.5, 0.6) is 0 Å². The standard InChI is InChI=1S/C33H37N3O3/c1-2-3-18-31-35-29-20-19-26(32(37)34-22-24-12-6-4-7-13-24)21-30(29)36(31)23-39-33(38)28-17-11-10-16-27(28)25-14-8-5-9-15-25/h5,8-11,14-17,19-21,24H,2-4,6-7,12-13,18,22-23H2,1H3,(H,34,37). The number of imidazole rings is 1. The number of esters is 1. The highest BCUT2D eigenvalue weighted by molar-refractivity contribution is 5.98. The Morgan fingerprint density at radius 2 is 1.74 bits per heavy atom. The molecular formula is C33H37N3O3. The number of carbonyl (C=O) groups excluding carboxylic acids is 2. The lowest BCUT2D eigenvalue weighted by Gasteiger charge is -2.21. The van der Waals surface area contributed by atoms with Gasteiger partial charge in [-0.1, -0.05) is 81.1 Å².